The Kier molecular flexibility index (Phi) is 6.73. The molecule has 0 aromatic heterocycles. The molecule has 136 valence electrons. The van der Waals surface area contributed by atoms with E-state index in [-0.39, 0.29) is 6.61 Å². The third-order valence-electron chi connectivity index (χ3n) is 3.62. The molecular formula is C19H27FN4O. The summed E-state index contributed by atoms with van der Waals surface area (Å²) in [4.78, 5) is 4.37. The maximum absolute atomic E-state index is 13.5. The molecule has 0 atom stereocenters. The highest BCUT2D eigenvalue weighted by atomic mass is 19.1. The quantitative estimate of drug-likeness (QED) is 0.560. The molecule has 1 aromatic rings. The summed E-state index contributed by atoms with van der Waals surface area (Å²) in [6.07, 6.45) is 7.26. The molecule has 6 heteroatoms. The van der Waals surface area contributed by atoms with Gasteiger partial charge in [-0.1, -0.05) is 18.2 Å². The number of rotatable bonds is 8. The van der Waals surface area contributed by atoms with Crippen LogP contribution >= 0.6 is 0 Å². The molecule has 2 rings (SSSR count). The molecule has 0 spiro atoms. The molecule has 0 unspecified atom stereocenters. The number of aliphatic imine (C=N–C) groups is 1. The van der Waals surface area contributed by atoms with Gasteiger partial charge in [0, 0.05) is 24.5 Å². The van der Waals surface area contributed by atoms with Crippen molar-refractivity contribution in [2.75, 3.05) is 13.2 Å². The van der Waals surface area contributed by atoms with Gasteiger partial charge < -0.3 is 15.5 Å². The van der Waals surface area contributed by atoms with E-state index in [1.165, 1.54) is 13.8 Å². The Hall–Kier alpha value is -2.18. The van der Waals surface area contributed by atoms with Crippen LogP contribution in [0.4, 0.5) is 4.39 Å². The molecule has 0 bridgehead atoms. The van der Waals surface area contributed by atoms with E-state index in [1.54, 1.807) is 11.2 Å². The first kappa shape index (κ1) is 19.1. The normalized spacial score (nSPS) is 16.0. The predicted octanol–water partition coefficient (Wildman–Crippen LogP) is 3.08. The number of alkyl halides is 1. The van der Waals surface area contributed by atoms with Crippen LogP contribution in [0.3, 0.4) is 0 Å². The molecule has 0 fully saturated rings. The standard InChI is InChI=1S/C19H27FN4O/c1-19(2,20)14-25-17-7-5-15(6-8-17)12-24(22)13-16-4-3-11-23-18(16)9-10-21/h3,5-8,11,13H,4,9-10,12,14,21-22H2,1-2H3/b16-13+. The number of nitrogens with zero attached hydrogens (tertiary/aromatic N) is 2. The summed E-state index contributed by atoms with van der Waals surface area (Å²) >= 11 is 0. The number of ether oxygens (including phenoxy) is 1. The van der Waals surface area contributed by atoms with Crippen molar-refractivity contribution in [1.82, 2.24) is 5.01 Å². The third-order valence-corrected chi connectivity index (χ3v) is 3.62. The third kappa shape index (κ3) is 6.68. The van der Waals surface area contributed by atoms with E-state index in [0.717, 1.165) is 29.7 Å². The molecule has 5 nitrogen and oxygen atoms in total. The van der Waals surface area contributed by atoms with Gasteiger partial charge in [0.15, 0.2) is 0 Å². The Morgan fingerprint density at radius 3 is 2.68 bits per heavy atom. The molecule has 0 radical (unpaired) electrons. The van der Waals surface area contributed by atoms with Crippen LogP contribution in [-0.2, 0) is 6.54 Å². The van der Waals surface area contributed by atoms with Crippen LogP contribution in [0, 0.1) is 0 Å². The molecular weight excluding hydrogens is 319 g/mol. The van der Waals surface area contributed by atoms with E-state index >= 15 is 0 Å². The fourth-order valence-corrected chi connectivity index (χ4v) is 2.41. The summed E-state index contributed by atoms with van der Waals surface area (Å²) in [6, 6.07) is 7.50. The monoisotopic (exact) mass is 346 g/mol. The Balaban J connectivity index is 1.94. The number of hydrazine groups is 1. The number of benzene rings is 1. The fraction of sp³-hybridized carbons (Fsp3) is 0.421. The van der Waals surface area contributed by atoms with Gasteiger partial charge in [-0.15, -0.1) is 0 Å². The molecule has 1 aliphatic rings. The van der Waals surface area contributed by atoms with E-state index in [0.29, 0.717) is 18.8 Å². The van der Waals surface area contributed by atoms with Crippen LogP contribution in [0.2, 0.25) is 0 Å². The zero-order valence-electron chi connectivity index (χ0n) is 14.9. The minimum atomic E-state index is -1.35. The Bertz CT molecular complexity index is 644. The zero-order valence-corrected chi connectivity index (χ0v) is 14.9. The lowest BCUT2D eigenvalue weighted by atomic mass is 10.0. The Morgan fingerprint density at radius 2 is 2.04 bits per heavy atom. The molecule has 0 amide bonds. The Morgan fingerprint density at radius 1 is 1.32 bits per heavy atom. The predicted molar refractivity (Wildman–Crippen MR) is 99.8 cm³/mol. The minimum Gasteiger partial charge on any atom is -0.490 e. The lowest BCUT2D eigenvalue weighted by Crippen LogP contribution is -2.26. The maximum Gasteiger partial charge on any atom is 0.139 e. The Labute approximate surface area is 148 Å². The molecule has 4 N–H and O–H groups in total. The smallest absolute Gasteiger partial charge is 0.139 e. The van der Waals surface area contributed by atoms with Crippen LogP contribution in [0.1, 0.15) is 32.3 Å². The minimum absolute atomic E-state index is 0.0260. The summed E-state index contributed by atoms with van der Waals surface area (Å²) < 4.78 is 18.9. The number of hydrogen-bond donors (Lipinski definition) is 2. The highest BCUT2D eigenvalue weighted by Crippen LogP contribution is 2.18. The fourth-order valence-electron chi connectivity index (χ4n) is 2.41. The molecule has 0 saturated heterocycles. The molecule has 0 aliphatic carbocycles. The van der Waals surface area contributed by atoms with Gasteiger partial charge in [-0.05, 0) is 50.1 Å². The van der Waals surface area contributed by atoms with Crippen molar-refractivity contribution >= 4 is 5.71 Å². The second-order valence-electron chi connectivity index (χ2n) is 6.68. The zero-order chi connectivity index (χ0) is 18.3. The first-order valence-corrected chi connectivity index (χ1v) is 8.42. The summed E-state index contributed by atoms with van der Waals surface area (Å²) in [5.41, 5.74) is 7.38. The van der Waals surface area contributed by atoms with Gasteiger partial charge in [0.25, 0.3) is 0 Å². The van der Waals surface area contributed by atoms with Crippen molar-refractivity contribution in [2.24, 2.45) is 16.6 Å². The average molecular weight is 346 g/mol. The molecule has 1 aliphatic heterocycles. The molecule has 1 aromatic carbocycles. The summed E-state index contributed by atoms with van der Waals surface area (Å²) in [7, 11) is 0. The van der Waals surface area contributed by atoms with Gasteiger partial charge in [0.05, 0.1) is 6.54 Å². The van der Waals surface area contributed by atoms with E-state index in [4.69, 9.17) is 16.3 Å². The van der Waals surface area contributed by atoms with Gasteiger partial charge >= 0.3 is 0 Å². The lowest BCUT2D eigenvalue weighted by Gasteiger charge is -2.19. The molecule has 1 heterocycles. The summed E-state index contributed by atoms with van der Waals surface area (Å²) in [6.45, 7) is 4.12. The van der Waals surface area contributed by atoms with E-state index < -0.39 is 5.67 Å². The van der Waals surface area contributed by atoms with Gasteiger partial charge in [-0.3, -0.25) is 4.99 Å². The summed E-state index contributed by atoms with van der Waals surface area (Å²) in [5, 5.41) is 1.64. The maximum atomic E-state index is 13.5. The first-order chi connectivity index (χ1) is 11.9. The molecule has 0 saturated carbocycles. The van der Waals surface area contributed by atoms with E-state index in [2.05, 4.69) is 4.99 Å². The van der Waals surface area contributed by atoms with Crippen molar-refractivity contribution in [3.63, 3.8) is 0 Å². The van der Waals surface area contributed by atoms with Gasteiger partial charge in [0.2, 0.25) is 0 Å². The van der Waals surface area contributed by atoms with Crippen molar-refractivity contribution < 1.29 is 9.13 Å². The number of hydrogen-bond acceptors (Lipinski definition) is 5. The second-order valence-corrected chi connectivity index (χ2v) is 6.68. The first-order valence-electron chi connectivity index (χ1n) is 8.42. The van der Waals surface area contributed by atoms with Crippen molar-refractivity contribution in [3.8, 4) is 5.75 Å². The van der Waals surface area contributed by atoms with Gasteiger partial charge in [-0.2, -0.15) is 0 Å². The van der Waals surface area contributed by atoms with Crippen LogP contribution in [-0.4, -0.2) is 29.5 Å². The highest BCUT2D eigenvalue weighted by Gasteiger charge is 2.16. The largest absolute Gasteiger partial charge is 0.490 e. The second kappa shape index (κ2) is 8.78. The van der Waals surface area contributed by atoms with Crippen LogP contribution in [0.15, 0.2) is 53.3 Å². The SMILES string of the molecule is CC(C)(F)COc1ccc(CN(N)/C=C2\CC=CN=C2CCN)cc1. The lowest BCUT2D eigenvalue weighted by molar-refractivity contribution is 0.121. The van der Waals surface area contributed by atoms with Gasteiger partial charge in [0.1, 0.15) is 18.0 Å². The van der Waals surface area contributed by atoms with Crippen molar-refractivity contribution in [3.05, 3.63) is 53.9 Å². The number of allylic oxidation sites excluding steroid dienone is 2. The van der Waals surface area contributed by atoms with Crippen molar-refractivity contribution in [1.29, 1.82) is 0 Å². The summed E-state index contributed by atoms with van der Waals surface area (Å²) in [5.74, 6) is 6.76. The molecule has 25 heavy (non-hydrogen) atoms. The average Bonchev–Trinajstić information content (AvgIpc) is 2.55. The van der Waals surface area contributed by atoms with Crippen LogP contribution < -0.4 is 16.3 Å². The number of halogens is 1. The van der Waals surface area contributed by atoms with Crippen LogP contribution in [0.25, 0.3) is 0 Å². The highest BCUT2D eigenvalue weighted by molar-refractivity contribution is 6.01. The van der Waals surface area contributed by atoms with E-state index in [1.807, 2.05) is 36.5 Å². The number of nitrogens with two attached hydrogens (primary N) is 2. The van der Waals surface area contributed by atoms with Crippen molar-refractivity contribution in [2.45, 2.75) is 38.9 Å². The van der Waals surface area contributed by atoms with Gasteiger partial charge in [-0.25, -0.2) is 10.2 Å². The van der Waals surface area contributed by atoms with Crippen LogP contribution in [0.5, 0.6) is 5.75 Å². The van der Waals surface area contributed by atoms with E-state index in [9.17, 15) is 4.39 Å². The topological polar surface area (TPSA) is 76.9 Å².